The number of fused-ring (bicyclic) bond motifs is 1. The highest BCUT2D eigenvalue weighted by Gasteiger charge is 2.47. The fourth-order valence-corrected chi connectivity index (χ4v) is 3.51. The SMILES string of the molecule is CCC(N)CC(=O)N1C(C(=O)O)CC2CCCCC21. The Hall–Kier alpha value is -1.10. The Balaban J connectivity index is 2.13. The van der Waals surface area contributed by atoms with Crippen molar-refractivity contribution in [3.8, 4) is 0 Å². The molecule has 0 spiro atoms. The van der Waals surface area contributed by atoms with Crippen molar-refractivity contribution in [1.82, 2.24) is 4.90 Å². The lowest BCUT2D eigenvalue weighted by atomic mass is 9.84. The van der Waals surface area contributed by atoms with Crippen LogP contribution in [0.5, 0.6) is 0 Å². The van der Waals surface area contributed by atoms with Gasteiger partial charge in [0, 0.05) is 18.5 Å². The number of carbonyl (C=O) groups excluding carboxylic acids is 1. The first kappa shape index (κ1) is 14.3. The Kier molecular flexibility index (Phi) is 4.45. The molecule has 3 N–H and O–H groups in total. The first-order valence-corrected chi connectivity index (χ1v) is 7.34. The van der Waals surface area contributed by atoms with Gasteiger partial charge in [0.1, 0.15) is 6.04 Å². The smallest absolute Gasteiger partial charge is 0.326 e. The number of rotatable bonds is 4. The zero-order chi connectivity index (χ0) is 14.0. The molecule has 1 amide bonds. The predicted octanol–water partition coefficient (Wildman–Crippen LogP) is 1.36. The molecule has 19 heavy (non-hydrogen) atoms. The number of carboxylic acids is 1. The second kappa shape index (κ2) is 5.90. The maximum atomic E-state index is 12.4. The fourth-order valence-electron chi connectivity index (χ4n) is 3.51. The predicted molar refractivity (Wildman–Crippen MR) is 71.5 cm³/mol. The van der Waals surface area contributed by atoms with Crippen LogP contribution in [0.15, 0.2) is 0 Å². The zero-order valence-corrected chi connectivity index (χ0v) is 11.5. The summed E-state index contributed by atoms with van der Waals surface area (Å²) in [7, 11) is 0. The minimum Gasteiger partial charge on any atom is -0.480 e. The fraction of sp³-hybridized carbons (Fsp3) is 0.857. The van der Waals surface area contributed by atoms with E-state index in [1.54, 1.807) is 4.90 Å². The molecule has 1 aliphatic heterocycles. The molecular formula is C14H24N2O3. The van der Waals surface area contributed by atoms with Gasteiger partial charge in [-0.15, -0.1) is 0 Å². The second-order valence-electron chi connectivity index (χ2n) is 5.88. The second-order valence-corrected chi connectivity index (χ2v) is 5.88. The molecule has 0 aromatic heterocycles. The molecule has 0 aromatic carbocycles. The number of amides is 1. The molecule has 1 saturated heterocycles. The van der Waals surface area contributed by atoms with Crippen LogP contribution in [0.3, 0.4) is 0 Å². The van der Waals surface area contributed by atoms with Gasteiger partial charge in [0.15, 0.2) is 0 Å². The summed E-state index contributed by atoms with van der Waals surface area (Å²) in [6, 6.07) is -0.666. The Morgan fingerprint density at radius 1 is 1.37 bits per heavy atom. The molecule has 1 aliphatic carbocycles. The van der Waals surface area contributed by atoms with Crippen LogP contribution < -0.4 is 5.73 Å². The van der Waals surface area contributed by atoms with E-state index in [1.165, 1.54) is 0 Å². The number of nitrogens with two attached hydrogens (primary N) is 1. The van der Waals surface area contributed by atoms with Crippen molar-refractivity contribution in [2.24, 2.45) is 11.7 Å². The molecule has 5 nitrogen and oxygen atoms in total. The molecule has 2 rings (SSSR count). The van der Waals surface area contributed by atoms with Gasteiger partial charge in [-0.1, -0.05) is 19.8 Å². The molecule has 108 valence electrons. The quantitative estimate of drug-likeness (QED) is 0.806. The minimum atomic E-state index is -0.868. The van der Waals surface area contributed by atoms with E-state index < -0.39 is 12.0 Å². The normalized spacial score (nSPS) is 31.9. The van der Waals surface area contributed by atoms with Gasteiger partial charge in [-0.25, -0.2) is 4.79 Å². The first-order chi connectivity index (χ1) is 9.04. The number of nitrogens with zero attached hydrogens (tertiary/aromatic N) is 1. The molecule has 2 aliphatic rings. The van der Waals surface area contributed by atoms with E-state index >= 15 is 0 Å². The Labute approximate surface area is 114 Å². The zero-order valence-electron chi connectivity index (χ0n) is 11.5. The van der Waals surface area contributed by atoms with Gasteiger partial charge < -0.3 is 15.7 Å². The molecule has 0 bridgehead atoms. The molecule has 1 saturated carbocycles. The number of aliphatic carboxylic acids is 1. The first-order valence-electron chi connectivity index (χ1n) is 7.34. The average Bonchev–Trinajstić information content (AvgIpc) is 2.78. The summed E-state index contributed by atoms with van der Waals surface area (Å²) in [6.07, 6.45) is 5.88. The number of likely N-dealkylation sites (tertiary alicyclic amines) is 1. The number of carboxylic acid groups (broad SMARTS) is 1. The van der Waals surface area contributed by atoms with E-state index in [4.69, 9.17) is 5.73 Å². The van der Waals surface area contributed by atoms with Crippen LogP contribution in [0.2, 0.25) is 0 Å². The van der Waals surface area contributed by atoms with Gasteiger partial charge in [-0.05, 0) is 31.6 Å². The van der Waals surface area contributed by atoms with Crippen molar-refractivity contribution in [2.45, 2.75) is 70.0 Å². The van der Waals surface area contributed by atoms with Crippen LogP contribution in [-0.2, 0) is 9.59 Å². The standard InChI is InChI=1S/C14H24N2O3/c1-2-10(15)8-13(17)16-11-6-4-3-5-9(11)7-12(16)14(18)19/h9-12H,2-8,15H2,1H3,(H,18,19). The summed E-state index contributed by atoms with van der Waals surface area (Å²) >= 11 is 0. The molecule has 5 heteroatoms. The van der Waals surface area contributed by atoms with Crippen LogP contribution in [-0.4, -0.2) is 40.0 Å². The van der Waals surface area contributed by atoms with Gasteiger partial charge in [0.25, 0.3) is 0 Å². The number of hydrogen-bond acceptors (Lipinski definition) is 3. The molecule has 4 atom stereocenters. The van der Waals surface area contributed by atoms with Crippen LogP contribution in [0.25, 0.3) is 0 Å². The van der Waals surface area contributed by atoms with Crippen molar-refractivity contribution in [3.63, 3.8) is 0 Å². The highest BCUT2D eigenvalue weighted by Crippen LogP contribution is 2.40. The summed E-state index contributed by atoms with van der Waals surface area (Å²) < 4.78 is 0. The monoisotopic (exact) mass is 268 g/mol. The lowest BCUT2D eigenvalue weighted by Gasteiger charge is -2.33. The van der Waals surface area contributed by atoms with Crippen molar-refractivity contribution in [1.29, 1.82) is 0 Å². The van der Waals surface area contributed by atoms with Crippen LogP contribution in [0, 0.1) is 5.92 Å². The van der Waals surface area contributed by atoms with Crippen molar-refractivity contribution in [2.75, 3.05) is 0 Å². The number of hydrogen-bond donors (Lipinski definition) is 2. The van der Waals surface area contributed by atoms with Gasteiger partial charge >= 0.3 is 5.97 Å². The lowest BCUT2D eigenvalue weighted by molar-refractivity contribution is -0.150. The van der Waals surface area contributed by atoms with E-state index in [2.05, 4.69) is 0 Å². The van der Waals surface area contributed by atoms with Crippen LogP contribution in [0.4, 0.5) is 0 Å². The third kappa shape index (κ3) is 2.91. The third-order valence-electron chi connectivity index (χ3n) is 4.62. The minimum absolute atomic E-state index is 0.0730. The topological polar surface area (TPSA) is 83.6 Å². The third-order valence-corrected chi connectivity index (χ3v) is 4.62. The van der Waals surface area contributed by atoms with Crippen LogP contribution in [0.1, 0.15) is 51.9 Å². The molecule has 4 unspecified atom stereocenters. The maximum Gasteiger partial charge on any atom is 0.326 e. The van der Waals surface area contributed by atoms with E-state index in [9.17, 15) is 14.7 Å². The Bertz CT molecular complexity index is 359. The Morgan fingerprint density at radius 3 is 2.68 bits per heavy atom. The maximum absolute atomic E-state index is 12.4. The summed E-state index contributed by atoms with van der Waals surface area (Å²) in [5.74, 6) is -0.569. The summed E-state index contributed by atoms with van der Waals surface area (Å²) in [6.45, 7) is 1.94. The van der Waals surface area contributed by atoms with E-state index in [0.29, 0.717) is 12.3 Å². The summed E-state index contributed by atoms with van der Waals surface area (Å²) in [5.41, 5.74) is 5.84. The molecular weight excluding hydrogens is 244 g/mol. The highest BCUT2D eigenvalue weighted by atomic mass is 16.4. The summed E-state index contributed by atoms with van der Waals surface area (Å²) in [5, 5.41) is 9.35. The molecule has 2 fully saturated rings. The van der Waals surface area contributed by atoms with Crippen LogP contribution >= 0.6 is 0 Å². The summed E-state index contributed by atoms with van der Waals surface area (Å²) in [4.78, 5) is 25.4. The van der Waals surface area contributed by atoms with Gasteiger partial charge in [-0.2, -0.15) is 0 Å². The molecule has 1 heterocycles. The molecule has 0 aromatic rings. The van der Waals surface area contributed by atoms with Gasteiger partial charge in [0.05, 0.1) is 0 Å². The van der Waals surface area contributed by atoms with E-state index in [-0.39, 0.29) is 24.4 Å². The largest absolute Gasteiger partial charge is 0.480 e. The van der Waals surface area contributed by atoms with Crippen molar-refractivity contribution < 1.29 is 14.7 Å². The Morgan fingerprint density at radius 2 is 2.05 bits per heavy atom. The highest BCUT2D eigenvalue weighted by molar-refractivity contribution is 5.85. The lowest BCUT2D eigenvalue weighted by Crippen LogP contribution is -2.47. The molecule has 0 radical (unpaired) electrons. The van der Waals surface area contributed by atoms with Crippen molar-refractivity contribution in [3.05, 3.63) is 0 Å². The van der Waals surface area contributed by atoms with Gasteiger partial charge in [-0.3, -0.25) is 4.79 Å². The van der Waals surface area contributed by atoms with Crippen molar-refractivity contribution >= 4 is 11.9 Å². The van der Waals surface area contributed by atoms with E-state index in [0.717, 1.165) is 32.1 Å². The van der Waals surface area contributed by atoms with E-state index in [1.807, 2.05) is 6.92 Å². The number of carbonyl (C=O) groups is 2. The van der Waals surface area contributed by atoms with Gasteiger partial charge in [0.2, 0.25) is 5.91 Å². The average molecular weight is 268 g/mol.